The molecule has 5 nitrogen and oxygen atoms in total. The molecule has 2 saturated heterocycles. The molecular formula is C28H29FN2O3. The molecule has 176 valence electrons. The number of hydrogen-bond donors (Lipinski definition) is 1. The van der Waals surface area contributed by atoms with Gasteiger partial charge in [0.05, 0.1) is 18.7 Å². The Kier molecular flexibility index (Phi) is 6.38. The quantitative estimate of drug-likeness (QED) is 0.713. The van der Waals surface area contributed by atoms with Gasteiger partial charge in [0.1, 0.15) is 12.4 Å². The smallest absolute Gasteiger partial charge is 0.254 e. The van der Waals surface area contributed by atoms with Crippen LogP contribution in [0.2, 0.25) is 0 Å². The highest BCUT2D eigenvalue weighted by Crippen LogP contribution is 2.43. The van der Waals surface area contributed by atoms with Gasteiger partial charge in [0.25, 0.3) is 5.91 Å². The van der Waals surface area contributed by atoms with Gasteiger partial charge in [-0.25, -0.2) is 4.39 Å². The lowest BCUT2D eigenvalue weighted by atomic mass is 9.73. The molecule has 6 heteroatoms. The van der Waals surface area contributed by atoms with Crippen LogP contribution in [0, 0.1) is 23.6 Å². The van der Waals surface area contributed by atoms with E-state index in [2.05, 4.69) is 11.8 Å². The van der Waals surface area contributed by atoms with Crippen molar-refractivity contribution in [2.24, 2.45) is 5.92 Å². The maximum atomic E-state index is 13.3. The van der Waals surface area contributed by atoms with Crippen molar-refractivity contribution in [3.63, 3.8) is 0 Å². The zero-order valence-electron chi connectivity index (χ0n) is 19.1. The molecule has 2 aliphatic heterocycles. The number of aliphatic hydroxyl groups is 1. The van der Waals surface area contributed by atoms with Crippen molar-refractivity contribution in [2.75, 3.05) is 19.7 Å². The second kappa shape index (κ2) is 9.60. The minimum absolute atomic E-state index is 0.0361. The van der Waals surface area contributed by atoms with Gasteiger partial charge < -0.3 is 14.9 Å². The topological polar surface area (TPSA) is 60.9 Å². The maximum absolute atomic E-state index is 13.3. The zero-order chi connectivity index (χ0) is 23.7. The first kappa shape index (κ1) is 22.6. The third-order valence-electron chi connectivity index (χ3n) is 7.45. The van der Waals surface area contributed by atoms with Crippen molar-refractivity contribution in [2.45, 2.75) is 50.1 Å². The van der Waals surface area contributed by atoms with E-state index in [1.165, 1.54) is 61.3 Å². The molecule has 3 aliphatic rings. The normalized spacial score (nSPS) is 24.6. The molecule has 0 bridgehead atoms. The van der Waals surface area contributed by atoms with E-state index in [1.54, 1.807) is 4.90 Å². The number of fused-ring (bicyclic) bond motifs is 1. The van der Waals surface area contributed by atoms with Crippen LogP contribution in [-0.4, -0.2) is 58.5 Å². The summed E-state index contributed by atoms with van der Waals surface area (Å²) in [7, 11) is 0. The predicted octanol–water partition coefficient (Wildman–Crippen LogP) is 3.57. The molecule has 2 heterocycles. The van der Waals surface area contributed by atoms with Crippen LogP contribution in [0.25, 0.3) is 0 Å². The number of rotatable bonds is 3. The lowest BCUT2D eigenvalue weighted by Crippen LogP contribution is -2.73. The van der Waals surface area contributed by atoms with Gasteiger partial charge in [-0.15, -0.1) is 0 Å². The molecule has 2 amide bonds. The Labute approximate surface area is 199 Å². The van der Waals surface area contributed by atoms with Crippen molar-refractivity contribution in [1.82, 2.24) is 9.80 Å². The summed E-state index contributed by atoms with van der Waals surface area (Å²) < 4.78 is 13.3. The Morgan fingerprint density at radius 2 is 1.74 bits per heavy atom. The highest BCUT2D eigenvalue weighted by molar-refractivity contribution is 5.97. The SMILES string of the molecule is O=C(c1ccc(F)cc1)N1CC(=O)N2[C@H](CO)[C@H](c3ccc(C#CC4CCCCC4)cc3)[C@H]2C1. The Bertz CT molecular complexity index is 1110. The fourth-order valence-electron chi connectivity index (χ4n) is 5.65. The molecule has 1 N–H and O–H groups in total. The van der Waals surface area contributed by atoms with E-state index < -0.39 is 5.82 Å². The van der Waals surface area contributed by atoms with E-state index in [1.807, 2.05) is 24.3 Å². The van der Waals surface area contributed by atoms with Crippen molar-refractivity contribution >= 4 is 11.8 Å². The Balaban J connectivity index is 1.31. The molecule has 0 unspecified atom stereocenters. The average molecular weight is 461 g/mol. The molecule has 5 rings (SSSR count). The molecule has 1 saturated carbocycles. The molecular weight excluding hydrogens is 431 g/mol. The first-order valence-corrected chi connectivity index (χ1v) is 12.1. The fraction of sp³-hybridized carbons (Fsp3) is 0.429. The Morgan fingerprint density at radius 1 is 1.03 bits per heavy atom. The van der Waals surface area contributed by atoms with Gasteiger partial charge >= 0.3 is 0 Å². The monoisotopic (exact) mass is 460 g/mol. The molecule has 2 aromatic carbocycles. The van der Waals surface area contributed by atoms with E-state index in [0.717, 1.165) is 11.1 Å². The van der Waals surface area contributed by atoms with E-state index in [-0.39, 0.29) is 43.0 Å². The van der Waals surface area contributed by atoms with Crippen molar-refractivity contribution < 1.29 is 19.1 Å². The summed E-state index contributed by atoms with van der Waals surface area (Å²) in [6, 6.07) is 13.0. The molecule has 0 spiro atoms. The molecule has 34 heavy (non-hydrogen) atoms. The number of hydrogen-bond acceptors (Lipinski definition) is 3. The summed E-state index contributed by atoms with van der Waals surface area (Å²) in [6.07, 6.45) is 6.21. The van der Waals surface area contributed by atoms with Crippen LogP contribution >= 0.6 is 0 Å². The number of benzene rings is 2. The van der Waals surface area contributed by atoms with Crippen molar-refractivity contribution in [3.05, 3.63) is 71.0 Å². The number of halogens is 1. The summed E-state index contributed by atoms with van der Waals surface area (Å²) in [5.41, 5.74) is 2.37. The average Bonchev–Trinajstić information content (AvgIpc) is 2.85. The predicted molar refractivity (Wildman–Crippen MR) is 126 cm³/mol. The number of amides is 2. The van der Waals surface area contributed by atoms with Gasteiger partial charge in [0, 0.05) is 29.5 Å². The number of nitrogens with zero attached hydrogens (tertiary/aromatic N) is 2. The second-order valence-electron chi connectivity index (χ2n) is 9.56. The minimum Gasteiger partial charge on any atom is -0.394 e. The molecule has 2 aromatic rings. The molecule has 0 aromatic heterocycles. The van der Waals surface area contributed by atoms with E-state index in [9.17, 15) is 19.1 Å². The number of carbonyl (C=O) groups is 2. The molecule has 3 fully saturated rings. The highest BCUT2D eigenvalue weighted by atomic mass is 19.1. The number of carbonyl (C=O) groups excluding carboxylic acids is 2. The third kappa shape index (κ3) is 4.33. The van der Waals surface area contributed by atoms with Crippen molar-refractivity contribution in [1.29, 1.82) is 0 Å². The molecule has 3 atom stereocenters. The van der Waals surface area contributed by atoms with E-state index >= 15 is 0 Å². The first-order valence-electron chi connectivity index (χ1n) is 12.1. The molecule has 1 aliphatic carbocycles. The lowest BCUT2D eigenvalue weighted by Gasteiger charge is -2.58. The van der Waals surface area contributed by atoms with Crippen LogP contribution in [0.4, 0.5) is 4.39 Å². The van der Waals surface area contributed by atoms with E-state index in [4.69, 9.17) is 0 Å². The highest BCUT2D eigenvalue weighted by Gasteiger charge is 2.54. The van der Waals surface area contributed by atoms with Crippen LogP contribution in [0.1, 0.15) is 59.5 Å². The van der Waals surface area contributed by atoms with Gasteiger partial charge in [-0.2, -0.15) is 0 Å². The van der Waals surface area contributed by atoms with Gasteiger partial charge in [0.15, 0.2) is 0 Å². The summed E-state index contributed by atoms with van der Waals surface area (Å²) >= 11 is 0. The lowest BCUT2D eigenvalue weighted by molar-refractivity contribution is -0.159. The van der Waals surface area contributed by atoms with Crippen LogP contribution in [-0.2, 0) is 4.79 Å². The van der Waals surface area contributed by atoms with Gasteiger partial charge in [-0.05, 0) is 54.8 Å². The standard InChI is InChI=1S/C28H29FN2O3/c29-23-14-12-22(13-15-23)28(34)30-16-24-27(25(18-32)31(24)26(33)17-30)21-10-8-20(9-11-21)7-6-19-4-2-1-3-5-19/h8-15,19,24-25,27,32H,1-5,16-18H2/t24-,25-,27-/m1/s1. The zero-order valence-corrected chi connectivity index (χ0v) is 19.1. The van der Waals surface area contributed by atoms with Crippen LogP contribution < -0.4 is 0 Å². The van der Waals surface area contributed by atoms with Gasteiger partial charge in [-0.3, -0.25) is 9.59 Å². The minimum atomic E-state index is -0.408. The molecule has 0 radical (unpaired) electrons. The van der Waals surface area contributed by atoms with Crippen molar-refractivity contribution in [3.8, 4) is 11.8 Å². The first-order chi connectivity index (χ1) is 16.5. The summed E-state index contributed by atoms with van der Waals surface area (Å²) in [6.45, 7) is 0.222. The van der Waals surface area contributed by atoms with Crippen LogP contribution in [0.3, 0.4) is 0 Å². The van der Waals surface area contributed by atoms with Gasteiger partial charge in [0.2, 0.25) is 5.91 Å². The fourth-order valence-corrected chi connectivity index (χ4v) is 5.65. The largest absolute Gasteiger partial charge is 0.394 e. The Hall–Kier alpha value is -3.17. The van der Waals surface area contributed by atoms with Crippen LogP contribution in [0.15, 0.2) is 48.5 Å². The maximum Gasteiger partial charge on any atom is 0.254 e. The number of piperazine rings is 1. The third-order valence-corrected chi connectivity index (χ3v) is 7.45. The van der Waals surface area contributed by atoms with E-state index in [0.29, 0.717) is 18.0 Å². The second-order valence-corrected chi connectivity index (χ2v) is 9.56. The summed E-state index contributed by atoms with van der Waals surface area (Å²) in [5.74, 6) is 6.29. The van der Waals surface area contributed by atoms with Crippen LogP contribution in [0.5, 0.6) is 0 Å². The summed E-state index contributed by atoms with van der Waals surface area (Å²) in [4.78, 5) is 29.0. The van der Waals surface area contributed by atoms with Gasteiger partial charge in [-0.1, -0.05) is 43.2 Å². The summed E-state index contributed by atoms with van der Waals surface area (Å²) in [5, 5.41) is 10.0. The number of aliphatic hydroxyl groups excluding tert-OH is 1. The Morgan fingerprint density at radius 3 is 2.41 bits per heavy atom.